The number of hydrogen-bond acceptors (Lipinski definition) is 2. The molecule has 19 heavy (non-hydrogen) atoms. The molecular weight excluding hydrogens is 234 g/mol. The molecule has 0 spiro atoms. The second-order valence-corrected chi connectivity index (χ2v) is 5.62. The highest BCUT2D eigenvalue weighted by atomic mass is 15.1. The maximum Gasteiger partial charge on any atom is 0.0951 e. The Hall–Kier alpha value is -1.61. The zero-order valence-electron chi connectivity index (χ0n) is 11.6. The van der Waals surface area contributed by atoms with Gasteiger partial charge in [-0.3, -0.25) is 0 Å². The van der Waals surface area contributed by atoms with Crippen LogP contribution in [0.2, 0.25) is 0 Å². The average molecular weight is 255 g/mol. The van der Waals surface area contributed by atoms with E-state index in [1.165, 1.54) is 23.2 Å². The maximum atomic E-state index is 4.23. The van der Waals surface area contributed by atoms with Gasteiger partial charge in [-0.15, -0.1) is 0 Å². The van der Waals surface area contributed by atoms with E-state index in [1.807, 2.05) is 12.5 Å². The molecule has 1 aliphatic rings. The number of nitrogens with one attached hydrogen (secondary N) is 1. The number of imidazole rings is 1. The van der Waals surface area contributed by atoms with Crippen LogP contribution in [0.15, 0.2) is 36.8 Å². The van der Waals surface area contributed by atoms with E-state index in [1.54, 1.807) is 0 Å². The minimum absolute atomic E-state index is 0.476. The maximum absolute atomic E-state index is 4.23. The van der Waals surface area contributed by atoms with Gasteiger partial charge < -0.3 is 9.88 Å². The summed E-state index contributed by atoms with van der Waals surface area (Å²) in [5, 5.41) is 3.57. The molecule has 1 atom stereocenters. The van der Waals surface area contributed by atoms with Crippen LogP contribution in [0.25, 0.3) is 0 Å². The lowest BCUT2D eigenvalue weighted by molar-refractivity contribution is 0.509. The summed E-state index contributed by atoms with van der Waals surface area (Å²) in [7, 11) is 0. The van der Waals surface area contributed by atoms with Gasteiger partial charge in [-0.2, -0.15) is 0 Å². The molecule has 3 heteroatoms. The topological polar surface area (TPSA) is 29.9 Å². The molecule has 1 N–H and O–H groups in total. The van der Waals surface area contributed by atoms with Gasteiger partial charge in [0.05, 0.1) is 12.0 Å². The van der Waals surface area contributed by atoms with Gasteiger partial charge >= 0.3 is 0 Å². The van der Waals surface area contributed by atoms with Gasteiger partial charge in [0.2, 0.25) is 0 Å². The van der Waals surface area contributed by atoms with Crippen LogP contribution in [0.3, 0.4) is 0 Å². The highest BCUT2D eigenvalue weighted by Crippen LogP contribution is 2.33. The molecule has 100 valence electrons. The van der Waals surface area contributed by atoms with Crippen LogP contribution in [0.5, 0.6) is 0 Å². The first-order valence-corrected chi connectivity index (χ1v) is 7.05. The summed E-state index contributed by atoms with van der Waals surface area (Å²) in [6, 6.07) is 9.23. The fourth-order valence-electron chi connectivity index (χ4n) is 2.85. The molecule has 1 aliphatic carbocycles. The van der Waals surface area contributed by atoms with Gasteiger partial charge in [-0.05, 0) is 31.4 Å². The van der Waals surface area contributed by atoms with Crippen molar-refractivity contribution in [2.75, 3.05) is 6.54 Å². The predicted molar refractivity (Wildman–Crippen MR) is 77.2 cm³/mol. The van der Waals surface area contributed by atoms with Gasteiger partial charge in [-0.25, -0.2) is 4.98 Å². The van der Waals surface area contributed by atoms with Crippen molar-refractivity contribution in [2.45, 2.75) is 38.8 Å². The second-order valence-electron chi connectivity index (χ2n) is 5.62. The summed E-state index contributed by atoms with van der Waals surface area (Å²) >= 11 is 0. The molecule has 0 saturated carbocycles. The molecule has 0 saturated heterocycles. The van der Waals surface area contributed by atoms with Crippen molar-refractivity contribution in [1.29, 1.82) is 0 Å². The number of fused-ring (bicyclic) bond motifs is 1. The molecule has 0 radical (unpaired) electrons. The lowest BCUT2D eigenvalue weighted by Crippen LogP contribution is -2.29. The first-order valence-electron chi connectivity index (χ1n) is 7.05. The monoisotopic (exact) mass is 255 g/mol. The van der Waals surface area contributed by atoms with Gasteiger partial charge in [0, 0.05) is 31.2 Å². The van der Waals surface area contributed by atoms with Crippen molar-refractivity contribution >= 4 is 0 Å². The number of hydrogen-bond donors (Lipinski definition) is 1. The van der Waals surface area contributed by atoms with Crippen molar-refractivity contribution < 1.29 is 0 Å². The fourth-order valence-corrected chi connectivity index (χ4v) is 2.85. The average Bonchev–Trinajstić information content (AvgIpc) is 2.83. The Morgan fingerprint density at radius 3 is 3.00 bits per heavy atom. The lowest BCUT2D eigenvalue weighted by Gasteiger charge is -2.30. The second kappa shape index (κ2) is 5.17. The molecule has 1 aromatic heterocycles. The smallest absolute Gasteiger partial charge is 0.0951 e. The normalized spacial score (nSPS) is 17.3. The Kier molecular flexibility index (Phi) is 3.38. The molecule has 2 aromatic rings. The summed E-state index contributed by atoms with van der Waals surface area (Å²) < 4.78 is 2.22. The fraction of sp³-hybridized carbons (Fsp3) is 0.438. The molecule has 1 heterocycles. The third-order valence-electron chi connectivity index (χ3n) is 3.96. The predicted octanol–water partition coefficient (Wildman–Crippen LogP) is 2.89. The van der Waals surface area contributed by atoms with Crippen LogP contribution in [0.4, 0.5) is 0 Å². The molecule has 3 nitrogen and oxygen atoms in total. The van der Waals surface area contributed by atoms with Crippen LogP contribution in [-0.4, -0.2) is 16.1 Å². The van der Waals surface area contributed by atoms with Crippen molar-refractivity contribution in [2.24, 2.45) is 0 Å². The Balaban J connectivity index is 1.54. The highest BCUT2D eigenvalue weighted by Gasteiger charge is 2.24. The van der Waals surface area contributed by atoms with Crippen LogP contribution >= 0.6 is 0 Å². The van der Waals surface area contributed by atoms with Crippen LogP contribution in [-0.2, 0) is 13.0 Å². The Morgan fingerprint density at radius 1 is 1.37 bits per heavy atom. The first-order chi connectivity index (χ1) is 9.25. The van der Waals surface area contributed by atoms with Crippen molar-refractivity contribution in [1.82, 2.24) is 14.9 Å². The number of benzene rings is 1. The van der Waals surface area contributed by atoms with E-state index in [9.17, 15) is 0 Å². The Morgan fingerprint density at radius 2 is 2.21 bits per heavy atom. The SMILES string of the molecule is CC(C)n1cncc1CNCC1Cc2ccccc21. The summed E-state index contributed by atoms with van der Waals surface area (Å²) in [5.41, 5.74) is 4.30. The molecule has 0 fully saturated rings. The van der Waals surface area contributed by atoms with Gasteiger partial charge in [0.15, 0.2) is 0 Å². The quantitative estimate of drug-likeness (QED) is 0.890. The number of nitrogens with zero attached hydrogens (tertiary/aromatic N) is 2. The van der Waals surface area contributed by atoms with Crippen molar-refractivity contribution in [3.63, 3.8) is 0 Å². The molecular formula is C16H21N3. The van der Waals surface area contributed by atoms with Crippen LogP contribution in [0.1, 0.15) is 42.6 Å². The summed E-state index contributed by atoms with van der Waals surface area (Å²) in [6.07, 6.45) is 5.09. The van der Waals surface area contributed by atoms with E-state index >= 15 is 0 Å². The summed E-state index contributed by atoms with van der Waals surface area (Å²) in [5.74, 6) is 0.687. The van der Waals surface area contributed by atoms with Crippen LogP contribution < -0.4 is 5.32 Å². The minimum Gasteiger partial charge on any atom is -0.331 e. The number of aromatic nitrogens is 2. The molecule has 3 rings (SSSR count). The van der Waals surface area contributed by atoms with Crippen molar-refractivity contribution in [3.05, 3.63) is 53.6 Å². The largest absolute Gasteiger partial charge is 0.331 e. The van der Waals surface area contributed by atoms with E-state index in [0.717, 1.165) is 13.1 Å². The third kappa shape index (κ3) is 2.43. The lowest BCUT2D eigenvalue weighted by atomic mass is 9.77. The summed E-state index contributed by atoms with van der Waals surface area (Å²) in [4.78, 5) is 4.23. The van der Waals surface area contributed by atoms with E-state index in [2.05, 4.69) is 53.0 Å². The zero-order valence-corrected chi connectivity index (χ0v) is 11.6. The molecule has 1 unspecified atom stereocenters. The van der Waals surface area contributed by atoms with E-state index in [-0.39, 0.29) is 0 Å². The molecule has 1 aromatic carbocycles. The highest BCUT2D eigenvalue weighted by molar-refractivity contribution is 5.40. The zero-order chi connectivity index (χ0) is 13.2. The van der Waals surface area contributed by atoms with Gasteiger partial charge in [0.25, 0.3) is 0 Å². The van der Waals surface area contributed by atoms with Gasteiger partial charge in [-0.1, -0.05) is 24.3 Å². The third-order valence-corrected chi connectivity index (χ3v) is 3.96. The van der Waals surface area contributed by atoms with E-state index < -0.39 is 0 Å². The van der Waals surface area contributed by atoms with Crippen molar-refractivity contribution in [3.8, 4) is 0 Å². The number of rotatable bonds is 5. The Labute approximate surface area is 114 Å². The van der Waals surface area contributed by atoms with Gasteiger partial charge in [0.1, 0.15) is 0 Å². The van der Waals surface area contributed by atoms with Crippen LogP contribution in [0, 0.1) is 0 Å². The van der Waals surface area contributed by atoms with E-state index in [4.69, 9.17) is 0 Å². The Bertz CT molecular complexity index is 557. The molecule has 0 amide bonds. The molecule has 0 bridgehead atoms. The van der Waals surface area contributed by atoms with E-state index in [0.29, 0.717) is 12.0 Å². The molecule has 0 aliphatic heterocycles. The standard InChI is InChI=1S/C16H21N3/c1-12(2)19-11-18-10-15(19)9-17-8-14-7-13-5-3-4-6-16(13)14/h3-6,10-12,14,17H,7-9H2,1-2H3. The summed E-state index contributed by atoms with van der Waals surface area (Å²) in [6.45, 7) is 6.33. The minimum atomic E-state index is 0.476. The first kappa shape index (κ1) is 12.4.